The third kappa shape index (κ3) is 8.06. The number of amides is 3. The van der Waals surface area contributed by atoms with Gasteiger partial charge in [0.15, 0.2) is 0 Å². The molecule has 44 heavy (non-hydrogen) atoms. The number of benzene rings is 2. The molecule has 0 bridgehead atoms. The molecule has 1 aliphatic heterocycles. The molecule has 3 heterocycles. The molecular formula is C33H38N6O5. The summed E-state index contributed by atoms with van der Waals surface area (Å²) in [5.41, 5.74) is 1.99. The first-order valence-corrected chi connectivity index (χ1v) is 14.7. The zero-order valence-corrected chi connectivity index (χ0v) is 25.2. The van der Waals surface area contributed by atoms with Crippen LogP contribution < -0.4 is 20.1 Å². The number of ether oxygens (including phenoxy) is 2. The molecule has 0 radical (unpaired) electrons. The molecule has 2 aromatic heterocycles. The zero-order valence-electron chi connectivity index (χ0n) is 25.2. The molecule has 230 valence electrons. The van der Waals surface area contributed by atoms with E-state index in [-0.39, 0.29) is 5.41 Å². The Morgan fingerprint density at radius 2 is 1.55 bits per heavy atom. The molecule has 2 aromatic carbocycles. The van der Waals surface area contributed by atoms with E-state index in [1.54, 1.807) is 53.5 Å². The highest BCUT2D eigenvalue weighted by Crippen LogP contribution is 2.28. The lowest BCUT2D eigenvalue weighted by molar-refractivity contribution is 0.119. The predicted octanol–water partition coefficient (Wildman–Crippen LogP) is 7.16. The number of nitrogens with zero attached hydrogens (tertiary/aromatic N) is 4. The van der Waals surface area contributed by atoms with Gasteiger partial charge in [-0.15, -0.1) is 0 Å². The van der Waals surface area contributed by atoms with Gasteiger partial charge in [0.1, 0.15) is 23.1 Å². The van der Waals surface area contributed by atoms with Crippen LogP contribution in [0.15, 0.2) is 79.1 Å². The number of anilines is 2. The molecule has 3 N–H and O–H groups in total. The van der Waals surface area contributed by atoms with Crippen molar-refractivity contribution >= 4 is 23.6 Å². The van der Waals surface area contributed by atoms with Crippen molar-refractivity contribution in [2.24, 2.45) is 5.92 Å². The van der Waals surface area contributed by atoms with E-state index in [1.165, 1.54) is 4.90 Å². The molecule has 1 saturated heterocycles. The molecule has 3 amide bonds. The molecule has 11 nitrogen and oxygen atoms in total. The number of aromatic nitrogens is 3. The molecule has 0 aliphatic carbocycles. The summed E-state index contributed by atoms with van der Waals surface area (Å²) >= 11 is 0. The number of hydrogen-bond acceptors (Lipinski definition) is 6. The molecule has 0 saturated carbocycles. The molecule has 1 fully saturated rings. The van der Waals surface area contributed by atoms with Crippen molar-refractivity contribution in [1.29, 1.82) is 0 Å². The van der Waals surface area contributed by atoms with Crippen LogP contribution in [0.4, 0.5) is 21.1 Å². The van der Waals surface area contributed by atoms with Crippen LogP contribution in [0, 0.1) is 5.92 Å². The van der Waals surface area contributed by atoms with Gasteiger partial charge < -0.3 is 24.8 Å². The number of carbonyl (C=O) groups is 2. The van der Waals surface area contributed by atoms with Gasteiger partial charge in [-0.25, -0.2) is 14.3 Å². The highest BCUT2D eigenvalue weighted by atomic mass is 16.5. The summed E-state index contributed by atoms with van der Waals surface area (Å²) in [5, 5.41) is 19.7. The van der Waals surface area contributed by atoms with Crippen molar-refractivity contribution in [3.63, 3.8) is 0 Å². The van der Waals surface area contributed by atoms with Crippen LogP contribution >= 0.6 is 0 Å². The number of nitrogens with one attached hydrogen (secondary N) is 2. The lowest BCUT2D eigenvalue weighted by Gasteiger charge is -2.29. The van der Waals surface area contributed by atoms with Crippen LogP contribution in [-0.4, -0.2) is 56.6 Å². The van der Waals surface area contributed by atoms with Crippen LogP contribution in [0.2, 0.25) is 0 Å². The number of urea groups is 1. The Bertz CT molecular complexity index is 1540. The van der Waals surface area contributed by atoms with Crippen LogP contribution in [0.5, 0.6) is 17.2 Å². The Balaban J connectivity index is 1.19. The number of rotatable bonds is 9. The number of hydrogen-bond donors (Lipinski definition) is 3. The van der Waals surface area contributed by atoms with Gasteiger partial charge in [-0.05, 0) is 85.8 Å². The van der Waals surface area contributed by atoms with E-state index in [1.807, 2.05) is 30.3 Å². The standard InChI is InChI=1S/C33H38N6O5/c1-33(2,3)29-22-30(36-31(40)35-24-4-8-27(9-5-24)44-28-12-17-34-18-13-28)39(37-29)25-6-10-26(11-7-25)43-21-16-23-14-19-38(20-15-23)32(41)42/h4-13,17-18,22-23H,14-16,19-21H2,1-3H3,(H,41,42)(H2,35,36,40). The smallest absolute Gasteiger partial charge is 0.407 e. The second-order valence-electron chi connectivity index (χ2n) is 11.8. The number of carboxylic acid groups (broad SMARTS) is 1. The maximum absolute atomic E-state index is 13.0. The highest BCUT2D eigenvalue weighted by molar-refractivity contribution is 5.99. The van der Waals surface area contributed by atoms with Crippen molar-refractivity contribution in [3.05, 3.63) is 84.8 Å². The third-order valence-electron chi connectivity index (χ3n) is 7.48. The highest BCUT2D eigenvalue weighted by Gasteiger charge is 2.23. The van der Waals surface area contributed by atoms with Gasteiger partial charge >= 0.3 is 12.1 Å². The molecule has 1 aliphatic rings. The average molecular weight is 599 g/mol. The second-order valence-corrected chi connectivity index (χ2v) is 11.8. The Hall–Kier alpha value is -5.06. The summed E-state index contributed by atoms with van der Waals surface area (Å²) in [6, 6.07) is 19.7. The molecule has 11 heteroatoms. The normalized spacial score (nSPS) is 13.8. The van der Waals surface area contributed by atoms with E-state index in [0.29, 0.717) is 48.6 Å². The summed E-state index contributed by atoms with van der Waals surface area (Å²) in [5.74, 6) is 3.05. The first kappa shape index (κ1) is 30.4. The molecule has 5 rings (SSSR count). The molecule has 0 spiro atoms. The Morgan fingerprint density at radius 3 is 2.18 bits per heavy atom. The van der Waals surface area contributed by atoms with E-state index in [4.69, 9.17) is 19.7 Å². The summed E-state index contributed by atoms with van der Waals surface area (Å²) in [4.78, 5) is 29.6. The van der Waals surface area contributed by atoms with Crippen LogP contribution in [0.3, 0.4) is 0 Å². The SMILES string of the molecule is CC(C)(C)c1cc(NC(=O)Nc2ccc(Oc3ccncc3)cc2)n(-c2ccc(OCCC3CCN(C(=O)O)CC3)cc2)n1. The van der Waals surface area contributed by atoms with Crippen molar-refractivity contribution < 1.29 is 24.2 Å². The molecule has 0 atom stereocenters. The van der Waals surface area contributed by atoms with Crippen LogP contribution in [0.25, 0.3) is 5.69 Å². The van der Waals surface area contributed by atoms with Gasteiger partial charge in [0, 0.05) is 42.7 Å². The molecule has 0 unspecified atom stereocenters. The fourth-order valence-electron chi connectivity index (χ4n) is 4.90. The maximum atomic E-state index is 13.0. The van der Waals surface area contributed by atoms with E-state index < -0.39 is 12.1 Å². The zero-order chi connectivity index (χ0) is 31.1. The van der Waals surface area contributed by atoms with Crippen molar-refractivity contribution in [2.45, 2.75) is 45.4 Å². The van der Waals surface area contributed by atoms with Gasteiger partial charge in [0.05, 0.1) is 18.0 Å². The third-order valence-corrected chi connectivity index (χ3v) is 7.48. The van der Waals surface area contributed by atoms with Crippen molar-refractivity contribution in [2.75, 3.05) is 30.3 Å². The first-order chi connectivity index (χ1) is 21.1. The van der Waals surface area contributed by atoms with Crippen molar-refractivity contribution in [1.82, 2.24) is 19.7 Å². The minimum Gasteiger partial charge on any atom is -0.494 e. The van der Waals surface area contributed by atoms with E-state index >= 15 is 0 Å². The quantitative estimate of drug-likeness (QED) is 0.186. The largest absolute Gasteiger partial charge is 0.494 e. The average Bonchev–Trinajstić information content (AvgIpc) is 3.43. The summed E-state index contributed by atoms with van der Waals surface area (Å²) in [6.07, 6.45) is 5.08. The van der Waals surface area contributed by atoms with Crippen LogP contribution in [-0.2, 0) is 5.41 Å². The fourth-order valence-corrected chi connectivity index (χ4v) is 4.90. The maximum Gasteiger partial charge on any atom is 0.407 e. The monoisotopic (exact) mass is 598 g/mol. The van der Waals surface area contributed by atoms with Gasteiger partial charge in [0.2, 0.25) is 0 Å². The van der Waals surface area contributed by atoms with E-state index in [0.717, 1.165) is 36.4 Å². The van der Waals surface area contributed by atoms with Crippen molar-refractivity contribution in [3.8, 4) is 22.9 Å². The minimum atomic E-state index is -0.844. The summed E-state index contributed by atoms with van der Waals surface area (Å²) in [7, 11) is 0. The Morgan fingerprint density at radius 1 is 0.909 bits per heavy atom. The Kier molecular flexibility index (Phi) is 9.32. The fraction of sp³-hybridized carbons (Fsp3) is 0.333. The van der Waals surface area contributed by atoms with Gasteiger partial charge in [-0.2, -0.15) is 5.10 Å². The minimum absolute atomic E-state index is 0.230. The van der Waals surface area contributed by atoms with E-state index in [9.17, 15) is 9.59 Å². The molecule has 4 aromatic rings. The number of pyridine rings is 1. The Labute approximate surface area is 256 Å². The number of likely N-dealkylation sites (tertiary alicyclic amines) is 1. The number of carbonyl (C=O) groups excluding carboxylic acids is 1. The summed E-state index contributed by atoms with van der Waals surface area (Å²) < 4.78 is 13.5. The lowest BCUT2D eigenvalue weighted by Crippen LogP contribution is -2.37. The second kappa shape index (κ2) is 13.5. The van der Waals surface area contributed by atoms with Gasteiger partial charge in [-0.3, -0.25) is 10.3 Å². The van der Waals surface area contributed by atoms with E-state index in [2.05, 4.69) is 36.4 Å². The van der Waals surface area contributed by atoms with Gasteiger partial charge in [0.25, 0.3) is 0 Å². The summed E-state index contributed by atoms with van der Waals surface area (Å²) in [6.45, 7) is 7.94. The predicted molar refractivity (Wildman–Crippen MR) is 168 cm³/mol. The van der Waals surface area contributed by atoms with Gasteiger partial charge in [-0.1, -0.05) is 20.8 Å². The number of piperidine rings is 1. The topological polar surface area (TPSA) is 131 Å². The lowest BCUT2D eigenvalue weighted by atomic mass is 9.92. The van der Waals surface area contributed by atoms with Crippen LogP contribution in [0.1, 0.15) is 45.7 Å². The first-order valence-electron chi connectivity index (χ1n) is 14.7. The molecular weight excluding hydrogens is 560 g/mol.